The van der Waals surface area contributed by atoms with Crippen molar-refractivity contribution in [1.29, 1.82) is 0 Å². The minimum absolute atomic E-state index is 0.0125. The summed E-state index contributed by atoms with van der Waals surface area (Å²) in [6, 6.07) is 3.34. The molecule has 2 fully saturated rings. The highest BCUT2D eigenvalue weighted by Crippen LogP contribution is 2.44. The monoisotopic (exact) mass is 506 g/mol. The Morgan fingerprint density at radius 1 is 1.14 bits per heavy atom. The zero-order valence-corrected chi connectivity index (χ0v) is 20.0. The van der Waals surface area contributed by atoms with Crippen LogP contribution in [0.25, 0.3) is 11.2 Å². The Balaban J connectivity index is 1.44. The van der Waals surface area contributed by atoms with E-state index in [1.54, 1.807) is 6.07 Å². The van der Waals surface area contributed by atoms with E-state index in [0.29, 0.717) is 34.1 Å². The summed E-state index contributed by atoms with van der Waals surface area (Å²) in [6.45, 7) is 1.86. The molecule has 35 heavy (non-hydrogen) atoms. The van der Waals surface area contributed by atoms with Gasteiger partial charge in [0.1, 0.15) is 6.10 Å². The lowest BCUT2D eigenvalue weighted by Crippen LogP contribution is -2.30. The summed E-state index contributed by atoms with van der Waals surface area (Å²) < 4.78 is 28.5. The number of anilines is 1. The number of halogens is 2. The minimum Gasteiger partial charge on any atom is -0.396 e. The van der Waals surface area contributed by atoms with Crippen LogP contribution in [0.2, 0.25) is 0 Å². The lowest BCUT2D eigenvalue weighted by molar-refractivity contribution is -0.00512. The number of rotatable bonds is 9. The van der Waals surface area contributed by atoms with Crippen molar-refractivity contribution in [3.05, 3.63) is 35.4 Å². The number of hydrogen-bond acceptors (Lipinski definition) is 9. The number of unbranched alkanes of at least 4 members (excludes halogenated alkanes) is 1. The van der Waals surface area contributed by atoms with Crippen LogP contribution < -0.4 is 5.32 Å². The number of nitrogens with one attached hydrogen (secondary N) is 1. The topological polar surface area (TPSA) is 129 Å². The van der Waals surface area contributed by atoms with Crippen molar-refractivity contribution in [3.8, 4) is 0 Å². The van der Waals surface area contributed by atoms with Crippen molar-refractivity contribution in [2.75, 3.05) is 17.7 Å². The molecule has 2 aliphatic carbocycles. The predicted molar refractivity (Wildman–Crippen MR) is 126 cm³/mol. The molecule has 3 aromatic rings. The molecule has 4 N–H and O–H groups in total. The van der Waals surface area contributed by atoms with E-state index in [4.69, 9.17) is 0 Å². The van der Waals surface area contributed by atoms with Crippen molar-refractivity contribution in [1.82, 2.24) is 25.0 Å². The Kier molecular flexibility index (Phi) is 6.88. The zero-order valence-electron chi connectivity index (χ0n) is 19.2. The van der Waals surface area contributed by atoms with E-state index in [0.717, 1.165) is 31.1 Å². The second-order valence-corrected chi connectivity index (χ2v) is 10.3. The normalized spacial score (nSPS) is 28.1. The molecule has 9 nitrogen and oxygen atoms in total. The van der Waals surface area contributed by atoms with Gasteiger partial charge in [0.25, 0.3) is 0 Å². The van der Waals surface area contributed by atoms with Gasteiger partial charge < -0.3 is 20.6 Å². The highest BCUT2D eigenvalue weighted by atomic mass is 32.2. The van der Waals surface area contributed by atoms with Crippen LogP contribution in [0, 0.1) is 17.6 Å². The number of fused-ring (bicyclic) bond motifs is 1. The number of aromatic nitrogens is 5. The molecule has 1 aromatic carbocycles. The molecule has 2 aromatic heterocycles. The lowest BCUT2D eigenvalue weighted by atomic mass is 10.1. The van der Waals surface area contributed by atoms with E-state index < -0.39 is 35.8 Å². The molecule has 0 saturated heterocycles. The van der Waals surface area contributed by atoms with Gasteiger partial charge in [-0.15, -0.1) is 5.10 Å². The first-order valence-electron chi connectivity index (χ1n) is 11.9. The molecule has 0 radical (unpaired) electrons. The molecule has 0 spiro atoms. The van der Waals surface area contributed by atoms with Crippen molar-refractivity contribution < 1.29 is 24.1 Å². The third-order valence-corrected chi connectivity index (χ3v) is 7.77. The molecule has 2 saturated carbocycles. The smallest absolute Gasteiger partial charge is 0.191 e. The highest BCUT2D eigenvalue weighted by Gasteiger charge is 2.44. The second-order valence-electron chi connectivity index (χ2n) is 9.26. The van der Waals surface area contributed by atoms with Crippen LogP contribution in [0.5, 0.6) is 0 Å². The fourth-order valence-electron chi connectivity index (χ4n) is 4.67. The highest BCUT2D eigenvalue weighted by molar-refractivity contribution is 7.99. The zero-order chi connectivity index (χ0) is 24.7. The summed E-state index contributed by atoms with van der Waals surface area (Å²) in [6.07, 6.45) is 0.926. The molecule has 0 amide bonds. The van der Waals surface area contributed by atoms with Gasteiger partial charge in [-0.3, -0.25) is 0 Å². The summed E-state index contributed by atoms with van der Waals surface area (Å²) in [5.41, 5.74) is 1.57. The Hall–Kier alpha value is -2.41. The van der Waals surface area contributed by atoms with E-state index in [1.807, 2.05) is 0 Å². The van der Waals surface area contributed by atoms with Gasteiger partial charge >= 0.3 is 0 Å². The van der Waals surface area contributed by atoms with Crippen molar-refractivity contribution in [2.24, 2.45) is 5.92 Å². The number of nitrogens with zero attached hydrogens (tertiary/aromatic N) is 5. The van der Waals surface area contributed by atoms with Crippen LogP contribution in [0.4, 0.5) is 14.6 Å². The maximum absolute atomic E-state index is 13.7. The first-order valence-corrected chi connectivity index (χ1v) is 12.8. The molecule has 12 heteroatoms. The number of aliphatic hydroxyl groups is 3. The van der Waals surface area contributed by atoms with E-state index in [2.05, 4.69) is 32.5 Å². The summed E-state index contributed by atoms with van der Waals surface area (Å²) >= 11 is 1.51. The molecule has 188 valence electrons. The molecule has 6 atom stereocenters. The SMILES string of the molecule is CCCCSc1nc(NC2CC2c2ccc(F)c(F)c2)c2nnn([C@H]3C[C@@H](CO)[C@H](O)[C@@H]3O)c2n1. The van der Waals surface area contributed by atoms with Gasteiger partial charge in [-0.1, -0.05) is 36.4 Å². The molecule has 2 aliphatic rings. The maximum atomic E-state index is 13.7. The fraction of sp³-hybridized carbons (Fsp3) is 0.565. The van der Waals surface area contributed by atoms with Crippen LogP contribution >= 0.6 is 11.8 Å². The largest absolute Gasteiger partial charge is 0.396 e. The third-order valence-electron chi connectivity index (χ3n) is 6.84. The Morgan fingerprint density at radius 3 is 2.69 bits per heavy atom. The first kappa shape index (κ1) is 24.3. The van der Waals surface area contributed by atoms with Gasteiger partial charge in [-0.2, -0.15) is 0 Å². The van der Waals surface area contributed by atoms with Crippen LogP contribution in [0.1, 0.15) is 50.1 Å². The molecular weight excluding hydrogens is 478 g/mol. The quantitative estimate of drug-likeness (QED) is 0.197. The average Bonchev–Trinajstić information content (AvgIpc) is 3.39. The van der Waals surface area contributed by atoms with Gasteiger partial charge in [0, 0.05) is 30.2 Å². The third kappa shape index (κ3) is 4.72. The average molecular weight is 507 g/mol. The lowest BCUT2D eigenvalue weighted by Gasteiger charge is -2.17. The van der Waals surface area contributed by atoms with Crippen molar-refractivity contribution in [3.63, 3.8) is 0 Å². The van der Waals surface area contributed by atoms with E-state index in [1.165, 1.54) is 22.5 Å². The maximum Gasteiger partial charge on any atom is 0.191 e. The molecular formula is C23H28F2N6O3S. The van der Waals surface area contributed by atoms with E-state index in [-0.39, 0.29) is 18.6 Å². The summed E-state index contributed by atoms with van der Waals surface area (Å²) in [7, 11) is 0. The Bertz CT molecular complexity index is 1210. The van der Waals surface area contributed by atoms with Gasteiger partial charge in [-0.25, -0.2) is 23.4 Å². The number of benzene rings is 1. The van der Waals surface area contributed by atoms with E-state index >= 15 is 0 Å². The minimum atomic E-state index is -1.11. The molecule has 0 bridgehead atoms. The fourth-order valence-corrected chi connectivity index (χ4v) is 5.59. The van der Waals surface area contributed by atoms with Crippen LogP contribution in [-0.2, 0) is 0 Å². The van der Waals surface area contributed by atoms with Gasteiger partial charge in [-0.05, 0) is 37.0 Å². The molecule has 2 unspecified atom stereocenters. The van der Waals surface area contributed by atoms with Crippen LogP contribution in [-0.4, -0.2) is 70.9 Å². The van der Waals surface area contributed by atoms with Gasteiger partial charge in [0.2, 0.25) is 0 Å². The Morgan fingerprint density at radius 2 is 1.97 bits per heavy atom. The van der Waals surface area contributed by atoms with Gasteiger partial charge in [0.05, 0.1) is 12.1 Å². The summed E-state index contributed by atoms with van der Waals surface area (Å²) in [4.78, 5) is 9.31. The summed E-state index contributed by atoms with van der Waals surface area (Å²) in [5, 5.41) is 42.8. The second kappa shape index (κ2) is 9.92. The molecule has 0 aliphatic heterocycles. The van der Waals surface area contributed by atoms with Crippen LogP contribution in [0.15, 0.2) is 23.4 Å². The number of thioether (sulfide) groups is 1. The van der Waals surface area contributed by atoms with E-state index in [9.17, 15) is 24.1 Å². The van der Waals surface area contributed by atoms with Crippen molar-refractivity contribution >= 4 is 28.7 Å². The first-order chi connectivity index (χ1) is 16.9. The van der Waals surface area contributed by atoms with Crippen LogP contribution in [0.3, 0.4) is 0 Å². The molecule has 2 heterocycles. The Labute approximate surface area is 205 Å². The number of hydrogen-bond donors (Lipinski definition) is 4. The predicted octanol–water partition coefficient (Wildman–Crippen LogP) is 2.63. The van der Waals surface area contributed by atoms with Gasteiger partial charge in [0.15, 0.2) is 33.8 Å². The standard InChI is InChI=1S/C23H28F2N6O3S/c1-2-3-6-35-23-27-21(26-16-9-13(16)11-4-5-14(24)15(25)7-11)18-22(28-23)31(30-29-18)17-8-12(10-32)19(33)20(17)34/h4-5,7,12-13,16-17,19-20,32-34H,2-3,6,8-10H2,1H3,(H,26,27,28)/t12-,13?,16?,17-,19-,20+/m0/s1. The number of aliphatic hydroxyl groups excluding tert-OH is 3. The van der Waals surface area contributed by atoms with Crippen molar-refractivity contribution in [2.45, 2.75) is 68.0 Å². The molecule has 5 rings (SSSR count). The summed E-state index contributed by atoms with van der Waals surface area (Å²) in [5.74, 6) is -0.865.